The first-order valence-corrected chi connectivity index (χ1v) is 6.71. The number of ether oxygens (including phenoxy) is 1. The van der Waals surface area contributed by atoms with E-state index >= 15 is 0 Å². The fraction of sp³-hybridized carbons (Fsp3) is 0.0667. The molecule has 1 heterocycles. The molecule has 1 N–H and O–H groups in total. The van der Waals surface area contributed by atoms with Gasteiger partial charge < -0.3 is 9.84 Å². The van der Waals surface area contributed by atoms with Crippen molar-refractivity contribution in [1.82, 2.24) is 4.98 Å². The first kappa shape index (κ1) is 12.5. The van der Waals surface area contributed by atoms with Gasteiger partial charge in [-0.1, -0.05) is 0 Å². The lowest BCUT2D eigenvalue weighted by Crippen LogP contribution is -1.84. The normalized spacial score (nSPS) is 10.4. The number of fused-ring (bicyclic) bond motifs is 1. The molecule has 0 spiro atoms. The molecular formula is C15H10N2O2S. The zero-order valence-electron chi connectivity index (χ0n) is 10.6. The Hall–Kier alpha value is -2.58. The highest BCUT2D eigenvalue weighted by Crippen LogP contribution is 2.34. The predicted octanol–water partition coefficient (Wildman–Crippen LogP) is 3.55. The molecule has 5 heteroatoms. The van der Waals surface area contributed by atoms with E-state index in [2.05, 4.69) is 11.1 Å². The number of aromatic nitrogens is 1. The maximum absolute atomic E-state index is 9.32. The van der Waals surface area contributed by atoms with Crippen LogP contribution >= 0.6 is 11.3 Å². The van der Waals surface area contributed by atoms with Crippen LogP contribution in [0.25, 0.3) is 20.8 Å². The summed E-state index contributed by atoms with van der Waals surface area (Å²) in [6.07, 6.45) is 0. The summed E-state index contributed by atoms with van der Waals surface area (Å²) in [6.45, 7) is 0. The van der Waals surface area contributed by atoms with E-state index in [0.29, 0.717) is 11.3 Å². The van der Waals surface area contributed by atoms with E-state index in [4.69, 9.17) is 4.74 Å². The standard InChI is InChI=1S/C15H10N2O2S/c1-19-12-6-10(8-16)14-13(7-12)17-15(20-14)9-2-4-11(18)5-3-9/h2-7,18H,1H3. The molecule has 2 aromatic carbocycles. The first-order chi connectivity index (χ1) is 9.71. The molecule has 0 aliphatic carbocycles. The summed E-state index contributed by atoms with van der Waals surface area (Å²) in [5.74, 6) is 0.839. The van der Waals surface area contributed by atoms with Crippen LogP contribution in [0, 0.1) is 11.3 Å². The predicted molar refractivity (Wildman–Crippen MR) is 78.0 cm³/mol. The SMILES string of the molecule is COc1cc(C#N)c2sc(-c3ccc(O)cc3)nc2c1. The minimum absolute atomic E-state index is 0.217. The van der Waals surface area contributed by atoms with E-state index in [-0.39, 0.29) is 5.75 Å². The Kier molecular flexibility index (Phi) is 3.01. The number of nitriles is 1. The van der Waals surface area contributed by atoms with Crippen LogP contribution < -0.4 is 4.74 Å². The van der Waals surface area contributed by atoms with Crippen LogP contribution in [0.5, 0.6) is 11.5 Å². The Labute approximate surface area is 119 Å². The minimum atomic E-state index is 0.217. The largest absolute Gasteiger partial charge is 0.508 e. The first-order valence-electron chi connectivity index (χ1n) is 5.89. The summed E-state index contributed by atoms with van der Waals surface area (Å²) in [7, 11) is 1.57. The van der Waals surface area contributed by atoms with Gasteiger partial charge in [0.05, 0.1) is 22.9 Å². The fourth-order valence-electron chi connectivity index (χ4n) is 1.94. The van der Waals surface area contributed by atoms with Crippen LogP contribution in [-0.4, -0.2) is 17.2 Å². The summed E-state index contributed by atoms with van der Waals surface area (Å²) in [5, 5.41) is 19.3. The summed E-state index contributed by atoms with van der Waals surface area (Å²) < 4.78 is 6.02. The van der Waals surface area contributed by atoms with Crippen molar-refractivity contribution in [3.05, 3.63) is 42.0 Å². The topological polar surface area (TPSA) is 66.1 Å². The molecule has 0 bridgehead atoms. The summed E-state index contributed by atoms with van der Waals surface area (Å²) in [4.78, 5) is 4.54. The zero-order valence-corrected chi connectivity index (χ0v) is 11.4. The van der Waals surface area contributed by atoms with Crippen LogP contribution in [-0.2, 0) is 0 Å². The van der Waals surface area contributed by atoms with Crippen LogP contribution in [0.4, 0.5) is 0 Å². The summed E-state index contributed by atoms with van der Waals surface area (Å²) >= 11 is 1.46. The Morgan fingerprint density at radius 3 is 2.65 bits per heavy atom. The molecule has 0 unspecified atom stereocenters. The number of phenolic OH excluding ortho intramolecular Hbond substituents is 1. The summed E-state index contributed by atoms with van der Waals surface area (Å²) in [6, 6.07) is 12.5. The van der Waals surface area contributed by atoms with Gasteiger partial charge in [-0.15, -0.1) is 11.3 Å². The average molecular weight is 282 g/mol. The van der Waals surface area contributed by atoms with Gasteiger partial charge in [-0.2, -0.15) is 5.26 Å². The molecule has 0 atom stereocenters. The number of thiazole rings is 1. The van der Waals surface area contributed by atoms with Crippen molar-refractivity contribution in [3.63, 3.8) is 0 Å². The van der Waals surface area contributed by atoms with E-state index in [1.54, 1.807) is 37.4 Å². The maximum atomic E-state index is 9.32. The molecule has 0 radical (unpaired) electrons. The minimum Gasteiger partial charge on any atom is -0.508 e. The van der Waals surface area contributed by atoms with E-state index in [0.717, 1.165) is 20.8 Å². The third-order valence-electron chi connectivity index (χ3n) is 2.93. The molecule has 4 nitrogen and oxygen atoms in total. The molecule has 20 heavy (non-hydrogen) atoms. The smallest absolute Gasteiger partial charge is 0.124 e. The van der Waals surface area contributed by atoms with E-state index < -0.39 is 0 Å². The second kappa shape index (κ2) is 4.83. The number of aromatic hydroxyl groups is 1. The quantitative estimate of drug-likeness (QED) is 0.780. The molecule has 3 rings (SSSR count). The Balaban J connectivity index is 2.20. The number of hydrogen-bond acceptors (Lipinski definition) is 5. The van der Waals surface area contributed by atoms with Crippen molar-refractivity contribution < 1.29 is 9.84 Å². The van der Waals surface area contributed by atoms with Gasteiger partial charge in [0.15, 0.2) is 0 Å². The Morgan fingerprint density at radius 2 is 2.00 bits per heavy atom. The third-order valence-corrected chi connectivity index (χ3v) is 4.09. The van der Waals surface area contributed by atoms with Crippen molar-refractivity contribution in [1.29, 1.82) is 5.26 Å². The van der Waals surface area contributed by atoms with Gasteiger partial charge in [-0.3, -0.25) is 0 Å². The number of hydrogen-bond donors (Lipinski definition) is 1. The second-order valence-electron chi connectivity index (χ2n) is 4.20. The molecule has 0 amide bonds. The number of nitrogens with zero attached hydrogens (tertiary/aromatic N) is 2. The Morgan fingerprint density at radius 1 is 1.25 bits per heavy atom. The summed E-state index contributed by atoms with van der Waals surface area (Å²) in [5.41, 5.74) is 2.21. The van der Waals surface area contributed by atoms with Crippen molar-refractivity contribution >= 4 is 21.6 Å². The van der Waals surface area contributed by atoms with Crippen LogP contribution in [0.1, 0.15) is 5.56 Å². The number of phenols is 1. The number of methoxy groups -OCH3 is 1. The fourth-order valence-corrected chi connectivity index (χ4v) is 2.95. The van der Waals surface area contributed by atoms with Crippen molar-refractivity contribution in [2.75, 3.05) is 7.11 Å². The molecule has 0 aliphatic heterocycles. The molecular weight excluding hydrogens is 272 g/mol. The number of benzene rings is 2. The van der Waals surface area contributed by atoms with Gasteiger partial charge in [-0.05, 0) is 30.3 Å². The van der Waals surface area contributed by atoms with E-state index in [1.165, 1.54) is 11.3 Å². The van der Waals surface area contributed by atoms with Crippen molar-refractivity contribution in [3.8, 4) is 28.1 Å². The average Bonchev–Trinajstić information content (AvgIpc) is 2.90. The number of rotatable bonds is 2. The van der Waals surface area contributed by atoms with E-state index in [9.17, 15) is 10.4 Å². The van der Waals surface area contributed by atoms with Crippen LogP contribution in [0.3, 0.4) is 0 Å². The van der Waals surface area contributed by atoms with Gasteiger partial charge in [-0.25, -0.2) is 4.98 Å². The van der Waals surface area contributed by atoms with Gasteiger partial charge in [0.25, 0.3) is 0 Å². The van der Waals surface area contributed by atoms with Crippen molar-refractivity contribution in [2.45, 2.75) is 0 Å². The molecule has 0 fully saturated rings. The van der Waals surface area contributed by atoms with Crippen LogP contribution in [0.2, 0.25) is 0 Å². The van der Waals surface area contributed by atoms with Gasteiger partial charge in [0.1, 0.15) is 22.6 Å². The van der Waals surface area contributed by atoms with Gasteiger partial charge >= 0.3 is 0 Å². The molecule has 0 aliphatic rings. The lowest BCUT2D eigenvalue weighted by Gasteiger charge is -1.99. The maximum Gasteiger partial charge on any atom is 0.124 e. The lowest BCUT2D eigenvalue weighted by molar-refractivity contribution is 0.415. The molecule has 1 aromatic heterocycles. The van der Waals surface area contributed by atoms with Gasteiger partial charge in [0.2, 0.25) is 0 Å². The van der Waals surface area contributed by atoms with E-state index in [1.807, 2.05) is 6.07 Å². The second-order valence-corrected chi connectivity index (χ2v) is 5.20. The highest BCUT2D eigenvalue weighted by molar-refractivity contribution is 7.21. The zero-order chi connectivity index (χ0) is 14.1. The Bertz CT molecular complexity index is 816. The molecule has 98 valence electrons. The highest BCUT2D eigenvalue weighted by atomic mass is 32.1. The molecule has 0 saturated carbocycles. The monoisotopic (exact) mass is 282 g/mol. The highest BCUT2D eigenvalue weighted by Gasteiger charge is 2.12. The van der Waals surface area contributed by atoms with Gasteiger partial charge in [0, 0.05) is 11.6 Å². The third kappa shape index (κ3) is 2.06. The lowest BCUT2D eigenvalue weighted by atomic mass is 10.2. The molecule has 0 saturated heterocycles. The van der Waals surface area contributed by atoms with Crippen molar-refractivity contribution in [2.24, 2.45) is 0 Å². The van der Waals surface area contributed by atoms with Crippen LogP contribution in [0.15, 0.2) is 36.4 Å². The molecule has 3 aromatic rings.